The summed E-state index contributed by atoms with van der Waals surface area (Å²) in [6.07, 6.45) is 0. The Morgan fingerprint density at radius 3 is 2.40 bits per heavy atom. The summed E-state index contributed by atoms with van der Waals surface area (Å²) in [5, 5.41) is 4.72. The van der Waals surface area contributed by atoms with Gasteiger partial charge >= 0.3 is 11.8 Å². The molecular weight excluding hydrogens is 280 g/mol. The highest BCUT2D eigenvalue weighted by Gasteiger charge is 2.34. The van der Waals surface area contributed by atoms with Crippen LogP contribution in [0.1, 0.15) is 25.1 Å². The first-order valence-corrected chi connectivity index (χ1v) is 6.98. The zero-order valence-electron chi connectivity index (χ0n) is 12.2. The van der Waals surface area contributed by atoms with Crippen LogP contribution in [0.25, 0.3) is 0 Å². The third-order valence-electron chi connectivity index (χ3n) is 3.58. The van der Waals surface area contributed by atoms with Gasteiger partial charge in [0.15, 0.2) is 0 Å². The minimum atomic E-state index is -0.468. The van der Waals surface area contributed by atoms with Gasteiger partial charge < -0.3 is 9.80 Å². The molecule has 0 aromatic carbocycles. The van der Waals surface area contributed by atoms with Crippen LogP contribution in [0, 0.1) is 6.92 Å². The standard InChI is InChI=1S/C13H19ClN4O2/c1-8(2)18-6-5-17(12(19)13(18)20)7-10-9(3)15-16(4)11(10)14/h8H,5-7H2,1-4H3. The Morgan fingerprint density at radius 2 is 1.90 bits per heavy atom. The van der Waals surface area contributed by atoms with Gasteiger partial charge in [0.25, 0.3) is 0 Å². The van der Waals surface area contributed by atoms with Crippen LogP contribution < -0.4 is 0 Å². The molecular formula is C13H19ClN4O2. The maximum Gasteiger partial charge on any atom is 0.312 e. The number of carbonyl (C=O) groups is 2. The highest BCUT2D eigenvalue weighted by molar-refractivity contribution is 6.35. The van der Waals surface area contributed by atoms with Gasteiger partial charge in [0.05, 0.1) is 12.2 Å². The first-order valence-electron chi connectivity index (χ1n) is 6.60. The molecule has 1 fully saturated rings. The first kappa shape index (κ1) is 14.8. The van der Waals surface area contributed by atoms with E-state index in [1.807, 2.05) is 20.8 Å². The summed E-state index contributed by atoms with van der Waals surface area (Å²) in [6.45, 7) is 7.06. The van der Waals surface area contributed by atoms with Crippen molar-refractivity contribution in [1.29, 1.82) is 0 Å². The molecule has 1 aliphatic heterocycles. The molecule has 20 heavy (non-hydrogen) atoms. The smallest absolute Gasteiger partial charge is 0.312 e. The van der Waals surface area contributed by atoms with Gasteiger partial charge in [0.1, 0.15) is 5.15 Å². The van der Waals surface area contributed by atoms with Crippen molar-refractivity contribution < 1.29 is 9.59 Å². The molecule has 2 heterocycles. The summed E-state index contributed by atoms with van der Waals surface area (Å²) < 4.78 is 1.57. The number of nitrogens with zero attached hydrogens (tertiary/aromatic N) is 4. The predicted molar refractivity (Wildman–Crippen MR) is 75.2 cm³/mol. The molecule has 0 bridgehead atoms. The molecule has 0 aliphatic carbocycles. The number of piperazine rings is 1. The minimum Gasteiger partial charge on any atom is -0.330 e. The van der Waals surface area contributed by atoms with Gasteiger partial charge in [-0.2, -0.15) is 5.10 Å². The first-order chi connectivity index (χ1) is 9.32. The Morgan fingerprint density at radius 1 is 1.25 bits per heavy atom. The molecule has 2 rings (SSSR count). The zero-order chi connectivity index (χ0) is 15.0. The molecule has 7 heteroatoms. The van der Waals surface area contributed by atoms with E-state index in [-0.39, 0.29) is 6.04 Å². The van der Waals surface area contributed by atoms with Crippen molar-refractivity contribution in [3.05, 3.63) is 16.4 Å². The number of rotatable bonds is 3. The van der Waals surface area contributed by atoms with E-state index < -0.39 is 11.8 Å². The number of hydrogen-bond donors (Lipinski definition) is 0. The topological polar surface area (TPSA) is 58.4 Å². The van der Waals surface area contributed by atoms with Crippen LogP contribution in [0.2, 0.25) is 5.15 Å². The van der Waals surface area contributed by atoms with Crippen LogP contribution in [-0.2, 0) is 23.2 Å². The Hall–Kier alpha value is -1.56. The Labute approximate surface area is 123 Å². The quantitative estimate of drug-likeness (QED) is 0.781. The Kier molecular flexibility index (Phi) is 4.04. The summed E-state index contributed by atoms with van der Waals surface area (Å²) in [7, 11) is 1.75. The molecule has 1 aromatic rings. The maximum atomic E-state index is 12.1. The normalized spacial score (nSPS) is 16.5. The second-order valence-electron chi connectivity index (χ2n) is 5.30. The van der Waals surface area contributed by atoms with Crippen LogP contribution in [0.5, 0.6) is 0 Å². The van der Waals surface area contributed by atoms with Crippen LogP contribution in [0.15, 0.2) is 0 Å². The second kappa shape index (κ2) is 5.44. The molecule has 2 amide bonds. The van der Waals surface area contributed by atoms with Crippen molar-refractivity contribution in [3.8, 4) is 0 Å². The monoisotopic (exact) mass is 298 g/mol. The average molecular weight is 299 g/mol. The van der Waals surface area contributed by atoms with Crippen LogP contribution in [0.3, 0.4) is 0 Å². The molecule has 1 aromatic heterocycles. The third-order valence-corrected chi connectivity index (χ3v) is 4.06. The fourth-order valence-electron chi connectivity index (χ4n) is 2.38. The van der Waals surface area contributed by atoms with E-state index in [1.54, 1.807) is 16.6 Å². The molecule has 0 unspecified atom stereocenters. The van der Waals surface area contributed by atoms with Crippen LogP contribution >= 0.6 is 11.6 Å². The number of amides is 2. The molecule has 0 atom stereocenters. The molecule has 0 N–H and O–H groups in total. The third kappa shape index (κ3) is 2.52. The van der Waals surface area contributed by atoms with E-state index in [9.17, 15) is 9.59 Å². The van der Waals surface area contributed by atoms with E-state index in [1.165, 1.54) is 4.90 Å². The second-order valence-corrected chi connectivity index (χ2v) is 5.66. The Balaban J connectivity index is 2.16. The lowest BCUT2D eigenvalue weighted by Gasteiger charge is -2.36. The van der Waals surface area contributed by atoms with Gasteiger partial charge in [0.2, 0.25) is 0 Å². The molecule has 0 spiro atoms. The van der Waals surface area contributed by atoms with E-state index >= 15 is 0 Å². The summed E-state index contributed by atoms with van der Waals surface area (Å²) in [6, 6.07) is 0.0392. The van der Waals surface area contributed by atoms with Crippen molar-refractivity contribution in [2.45, 2.75) is 33.4 Å². The van der Waals surface area contributed by atoms with Crippen molar-refractivity contribution in [1.82, 2.24) is 19.6 Å². The van der Waals surface area contributed by atoms with Crippen molar-refractivity contribution in [3.63, 3.8) is 0 Å². The molecule has 6 nitrogen and oxygen atoms in total. The number of carbonyl (C=O) groups excluding carboxylic acids is 2. The summed E-state index contributed by atoms with van der Waals surface area (Å²) >= 11 is 6.16. The summed E-state index contributed by atoms with van der Waals surface area (Å²) in [5.74, 6) is -0.909. The fraction of sp³-hybridized carbons (Fsp3) is 0.615. The zero-order valence-corrected chi connectivity index (χ0v) is 12.9. The minimum absolute atomic E-state index is 0.0392. The molecule has 1 saturated heterocycles. The van der Waals surface area contributed by atoms with Crippen LogP contribution in [-0.4, -0.2) is 50.5 Å². The number of halogens is 1. The van der Waals surface area contributed by atoms with Gasteiger partial charge in [-0.15, -0.1) is 0 Å². The number of aromatic nitrogens is 2. The molecule has 110 valence electrons. The van der Waals surface area contributed by atoms with E-state index in [0.717, 1.165) is 11.3 Å². The maximum absolute atomic E-state index is 12.1. The lowest BCUT2D eigenvalue weighted by Crippen LogP contribution is -2.55. The number of hydrogen-bond acceptors (Lipinski definition) is 3. The summed E-state index contributed by atoms with van der Waals surface area (Å²) in [5.41, 5.74) is 1.58. The van der Waals surface area contributed by atoms with Gasteiger partial charge in [0, 0.05) is 31.7 Å². The average Bonchev–Trinajstić information content (AvgIpc) is 2.61. The fourth-order valence-corrected chi connectivity index (χ4v) is 2.61. The molecule has 0 saturated carbocycles. The van der Waals surface area contributed by atoms with Gasteiger partial charge in [-0.3, -0.25) is 14.3 Å². The van der Waals surface area contributed by atoms with Crippen molar-refractivity contribution in [2.75, 3.05) is 13.1 Å². The van der Waals surface area contributed by atoms with Gasteiger partial charge in [-0.25, -0.2) is 0 Å². The highest BCUT2D eigenvalue weighted by Crippen LogP contribution is 2.22. The lowest BCUT2D eigenvalue weighted by molar-refractivity contribution is -0.157. The molecule has 1 aliphatic rings. The Bertz CT molecular complexity index is 553. The largest absolute Gasteiger partial charge is 0.330 e. The van der Waals surface area contributed by atoms with Gasteiger partial charge in [-0.05, 0) is 20.8 Å². The van der Waals surface area contributed by atoms with Crippen molar-refractivity contribution in [2.24, 2.45) is 7.05 Å². The van der Waals surface area contributed by atoms with Gasteiger partial charge in [-0.1, -0.05) is 11.6 Å². The van der Waals surface area contributed by atoms with Crippen LogP contribution in [0.4, 0.5) is 0 Å². The lowest BCUT2D eigenvalue weighted by atomic mass is 10.2. The van der Waals surface area contributed by atoms with E-state index in [2.05, 4.69) is 5.10 Å². The predicted octanol–water partition coefficient (Wildman–Crippen LogP) is 0.961. The molecule has 0 radical (unpaired) electrons. The van der Waals surface area contributed by atoms with Crippen molar-refractivity contribution >= 4 is 23.4 Å². The number of aryl methyl sites for hydroxylation is 2. The SMILES string of the molecule is Cc1nn(C)c(Cl)c1CN1CCN(C(C)C)C(=O)C1=O. The highest BCUT2D eigenvalue weighted by atomic mass is 35.5. The summed E-state index contributed by atoms with van der Waals surface area (Å²) in [4.78, 5) is 27.3. The van der Waals surface area contributed by atoms with E-state index in [4.69, 9.17) is 11.6 Å². The van der Waals surface area contributed by atoms with E-state index in [0.29, 0.717) is 24.8 Å².